The van der Waals surface area contributed by atoms with Gasteiger partial charge in [0.05, 0.1) is 0 Å². The molecule has 1 heterocycles. The number of nitrogens with one attached hydrogen (secondary N) is 1. The van der Waals surface area contributed by atoms with E-state index in [-0.39, 0.29) is 17.0 Å². The molecule has 166 valence electrons. The van der Waals surface area contributed by atoms with Crippen LogP contribution in [0.2, 0.25) is 0 Å². The Morgan fingerprint density at radius 3 is 1.83 bits per heavy atom. The monoisotopic (exact) mass is 406 g/mol. The number of aromatic amines is 1. The van der Waals surface area contributed by atoms with Gasteiger partial charge in [-0.25, -0.2) is 5.10 Å². The molecule has 6 heteroatoms. The van der Waals surface area contributed by atoms with Crippen molar-refractivity contribution in [1.82, 2.24) is 15.4 Å². The lowest BCUT2D eigenvalue weighted by atomic mass is 10.1. The average molecular weight is 407 g/mol. The number of nitrogens with zero attached hydrogens (tertiary/aromatic N) is 3. The minimum Gasteiger partial charge on any atom is -0.365 e. The molecule has 0 atom stereocenters. The molecule has 0 spiro atoms. The Balaban J connectivity index is 2.80. The summed E-state index contributed by atoms with van der Waals surface area (Å²) >= 11 is 0. The van der Waals surface area contributed by atoms with Crippen LogP contribution in [0.5, 0.6) is 0 Å². The predicted molar refractivity (Wildman–Crippen MR) is 121 cm³/mol. The van der Waals surface area contributed by atoms with E-state index in [2.05, 4.69) is 34.2 Å². The van der Waals surface area contributed by atoms with Crippen LogP contribution in [0, 0.1) is 0 Å². The summed E-state index contributed by atoms with van der Waals surface area (Å²) in [5.41, 5.74) is 0.379. The first kappa shape index (κ1) is 25.3. The first-order chi connectivity index (χ1) is 14.2. The summed E-state index contributed by atoms with van der Waals surface area (Å²) in [6, 6.07) is 0. The van der Waals surface area contributed by atoms with Crippen molar-refractivity contribution in [2.45, 2.75) is 111 Å². The molecule has 0 fully saturated rings. The first-order valence-electron chi connectivity index (χ1n) is 11.9. The predicted octanol–water partition coefficient (Wildman–Crippen LogP) is 5.68. The van der Waals surface area contributed by atoms with Gasteiger partial charge in [0.25, 0.3) is 5.56 Å². The lowest BCUT2D eigenvalue weighted by molar-refractivity contribution is 0.0976. The fraction of sp³-hybridized carbons (Fsp3) is 0.826. The lowest BCUT2D eigenvalue weighted by Gasteiger charge is -2.25. The van der Waals surface area contributed by atoms with E-state index in [1.54, 1.807) is 0 Å². The number of carbonyl (C=O) groups excluding carboxylic acids is 1. The Morgan fingerprint density at radius 2 is 1.31 bits per heavy atom. The van der Waals surface area contributed by atoms with Crippen molar-refractivity contribution in [2.75, 3.05) is 18.0 Å². The zero-order valence-electron chi connectivity index (χ0n) is 19.0. The van der Waals surface area contributed by atoms with Crippen molar-refractivity contribution in [3.8, 4) is 0 Å². The van der Waals surface area contributed by atoms with Gasteiger partial charge in [-0.2, -0.15) is 0 Å². The maximum Gasteiger partial charge on any atom is 0.291 e. The molecule has 0 aliphatic carbocycles. The van der Waals surface area contributed by atoms with Gasteiger partial charge in [0.2, 0.25) is 0 Å². The highest BCUT2D eigenvalue weighted by Crippen LogP contribution is 2.18. The summed E-state index contributed by atoms with van der Waals surface area (Å²) in [6.45, 7) is 7.99. The fourth-order valence-corrected chi connectivity index (χ4v) is 3.66. The molecule has 1 aromatic rings. The lowest BCUT2D eigenvalue weighted by Crippen LogP contribution is -2.34. The first-order valence-corrected chi connectivity index (χ1v) is 11.9. The van der Waals surface area contributed by atoms with Crippen molar-refractivity contribution in [1.29, 1.82) is 0 Å². The van der Waals surface area contributed by atoms with Crippen LogP contribution < -0.4 is 10.5 Å². The number of Topliss-reactive ketones (excluding diaryl/α,β-unsaturated/α-hetero) is 1. The van der Waals surface area contributed by atoms with Gasteiger partial charge in [0, 0.05) is 19.5 Å². The number of H-pyrrole nitrogens is 1. The van der Waals surface area contributed by atoms with Crippen LogP contribution in [0.25, 0.3) is 0 Å². The van der Waals surface area contributed by atoms with Gasteiger partial charge < -0.3 is 4.90 Å². The van der Waals surface area contributed by atoms with Crippen LogP contribution in [0.3, 0.4) is 0 Å². The SMILES string of the molecule is CCCCCCCCN(CCCCCCCC)c1c(C(=O)CCC)nn[nH]c1=O. The van der Waals surface area contributed by atoms with Gasteiger partial charge >= 0.3 is 0 Å². The molecule has 0 aromatic carbocycles. The molecule has 0 unspecified atom stereocenters. The zero-order chi connectivity index (χ0) is 21.3. The van der Waals surface area contributed by atoms with E-state index in [0.29, 0.717) is 12.1 Å². The number of hydrogen-bond acceptors (Lipinski definition) is 5. The van der Waals surface area contributed by atoms with Crippen molar-refractivity contribution >= 4 is 11.5 Å². The van der Waals surface area contributed by atoms with Crippen LogP contribution in [-0.2, 0) is 0 Å². The minimum atomic E-state index is -0.295. The van der Waals surface area contributed by atoms with E-state index in [1.165, 1.54) is 51.4 Å². The highest BCUT2D eigenvalue weighted by atomic mass is 16.1. The Kier molecular flexibility index (Phi) is 14.1. The molecule has 0 saturated carbocycles. The smallest absolute Gasteiger partial charge is 0.291 e. The Morgan fingerprint density at radius 1 is 0.793 bits per heavy atom. The highest BCUT2D eigenvalue weighted by molar-refractivity contribution is 5.99. The second-order valence-corrected chi connectivity index (χ2v) is 8.03. The number of aromatic nitrogens is 3. The molecule has 0 bridgehead atoms. The van der Waals surface area contributed by atoms with E-state index < -0.39 is 0 Å². The summed E-state index contributed by atoms with van der Waals surface area (Å²) in [6.07, 6.45) is 15.5. The maximum atomic E-state index is 12.6. The molecule has 29 heavy (non-hydrogen) atoms. The Hall–Kier alpha value is -1.72. The van der Waals surface area contributed by atoms with E-state index in [1.807, 2.05) is 6.92 Å². The normalized spacial score (nSPS) is 11.0. The third-order valence-electron chi connectivity index (χ3n) is 5.36. The van der Waals surface area contributed by atoms with Crippen LogP contribution in [0.4, 0.5) is 5.69 Å². The quantitative estimate of drug-likeness (QED) is 0.251. The number of anilines is 1. The minimum absolute atomic E-state index is 0.0861. The molecular formula is C23H42N4O2. The van der Waals surface area contributed by atoms with Crippen molar-refractivity contribution < 1.29 is 4.79 Å². The zero-order valence-corrected chi connectivity index (χ0v) is 19.0. The van der Waals surface area contributed by atoms with Gasteiger partial charge in [-0.15, -0.1) is 5.10 Å². The fourth-order valence-electron chi connectivity index (χ4n) is 3.66. The third kappa shape index (κ3) is 10.0. The molecule has 0 saturated heterocycles. The molecule has 6 nitrogen and oxygen atoms in total. The van der Waals surface area contributed by atoms with Crippen LogP contribution in [0.1, 0.15) is 121 Å². The van der Waals surface area contributed by atoms with Gasteiger partial charge in [0.15, 0.2) is 11.5 Å². The van der Waals surface area contributed by atoms with Gasteiger partial charge in [-0.05, 0) is 19.3 Å². The van der Waals surface area contributed by atoms with Crippen molar-refractivity contribution in [3.05, 3.63) is 16.0 Å². The van der Waals surface area contributed by atoms with Crippen LogP contribution in [-0.4, -0.2) is 34.3 Å². The number of rotatable bonds is 18. The number of carbonyl (C=O) groups is 1. The number of ketones is 1. The highest BCUT2D eigenvalue weighted by Gasteiger charge is 2.21. The second-order valence-electron chi connectivity index (χ2n) is 8.03. The second kappa shape index (κ2) is 16.1. The molecule has 1 rings (SSSR count). The largest absolute Gasteiger partial charge is 0.365 e. The van der Waals surface area contributed by atoms with Crippen LogP contribution in [0.15, 0.2) is 4.79 Å². The third-order valence-corrected chi connectivity index (χ3v) is 5.36. The van der Waals surface area contributed by atoms with Gasteiger partial charge in [0.1, 0.15) is 5.69 Å². The molecular weight excluding hydrogens is 364 g/mol. The summed E-state index contributed by atoms with van der Waals surface area (Å²) in [4.78, 5) is 27.2. The van der Waals surface area contributed by atoms with Crippen molar-refractivity contribution in [2.24, 2.45) is 0 Å². The summed E-state index contributed by atoms with van der Waals surface area (Å²) < 4.78 is 0. The number of hydrogen-bond donors (Lipinski definition) is 1. The summed E-state index contributed by atoms with van der Waals surface area (Å²) in [7, 11) is 0. The van der Waals surface area contributed by atoms with E-state index >= 15 is 0 Å². The van der Waals surface area contributed by atoms with Crippen molar-refractivity contribution in [3.63, 3.8) is 0 Å². The Labute approximate surface area is 176 Å². The van der Waals surface area contributed by atoms with E-state index in [0.717, 1.165) is 45.2 Å². The molecule has 1 aromatic heterocycles. The summed E-state index contributed by atoms with van der Waals surface area (Å²) in [5, 5.41) is 10.1. The molecule has 0 aliphatic rings. The molecule has 0 amide bonds. The Bertz CT molecular complexity index is 599. The summed E-state index contributed by atoms with van der Waals surface area (Å²) in [5.74, 6) is -0.0861. The van der Waals surface area contributed by atoms with E-state index in [9.17, 15) is 9.59 Å². The van der Waals surface area contributed by atoms with Crippen LogP contribution >= 0.6 is 0 Å². The molecule has 1 N–H and O–H groups in total. The number of unbranched alkanes of at least 4 members (excludes halogenated alkanes) is 10. The van der Waals surface area contributed by atoms with Gasteiger partial charge in [-0.1, -0.05) is 90.2 Å². The molecule has 0 radical (unpaired) electrons. The van der Waals surface area contributed by atoms with Gasteiger partial charge in [-0.3, -0.25) is 9.59 Å². The van der Waals surface area contributed by atoms with E-state index in [4.69, 9.17) is 0 Å². The maximum absolute atomic E-state index is 12.6. The molecule has 0 aliphatic heterocycles. The topological polar surface area (TPSA) is 79.0 Å². The standard InChI is InChI=1S/C23H42N4O2/c1-4-7-9-11-13-15-18-27(19-16-14-12-10-8-5-2)22-21(20(28)17-6-3)24-26-25-23(22)29/h4-19H2,1-3H3,(H,24,25,29). The average Bonchev–Trinajstić information content (AvgIpc) is 2.71.